The first-order valence-electron chi connectivity index (χ1n) is 8.11. The molecule has 1 amide bonds. The number of hydrogen-bond acceptors (Lipinski definition) is 4. The molecule has 5 heteroatoms. The van der Waals surface area contributed by atoms with E-state index in [4.69, 9.17) is 4.98 Å². The predicted octanol–water partition coefficient (Wildman–Crippen LogP) is 1.63. The molecule has 0 radical (unpaired) electrons. The predicted molar refractivity (Wildman–Crippen MR) is 80.9 cm³/mol. The van der Waals surface area contributed by atoms with E-state index in [-0.39, 0.29) is 5.91 Å². The minimum Gasteiger partial charge on any atom is -0.338 e. The van der Waals surface area contributed by atoms with Gasteiger partial charge >= 0.3 is 0 Å². The smallest absolute Gasteiger partial charge is 0.222 e. The van der Waals surface area contributed by atoms with Gasteiger partial charge < -0.3 is 10.2 Å². The van der Waals surface area contributed by atoms with Crippen LogP contribution in [0.1, 0.15) is 55.6 Å². The van der Waals surface area contributed by atoms with Gasteiger partial charge in [-0.15, -0.1) is 0 Å². The van der Waals surface area contributed by atoms with Gasteiger partial charge in [0.1, 0.15) is 5.82 Å². The van der Waals surface area contributed by atoms with E-state index in [1.54, 1.807) is 0 Å². The maximum absolute atomic E-state index is 12.0. The number of piperidine rings is 1. The number of hydrogen-bond donors (Lipinski definition) is 1. The van der Waals surface area contributed by atoms with Crippen LogP contribution in [0.25, 0.3) is 0 Å². The van der Waals surface area contributed by atoms with Gasteiger partial charge in [-0.05, 0) is 25.8 Å². The summed E-state index contributed by atoms with van der Waals surface area (Å²) in [5.74, 6) is 1.68. The lowest BCUT2D eigenvalue weighted by Gasteiger charge is -2.29. The van der Waals surface area contributed by atoms with Gasteiger partial charge in [0.25, 0.3) is 0 Å². The molecule has 0 saturated carbocycles. The first-order valence-corrected chi connectivity index (χ1v) is 8.11. The molecule has 0 aliphatic carbocycles. The topological polar surface area (TPSA) is 58.1 Å². The lowest BCUT2D eigenvalue weighted by atomic mass is 9.98. The third-order valence-electron chi connectivity index (χ3n) is 4.43. The summed E-state index contributed by atoms with van der Waals surface area (Å²) in [6.07, 6.45) is 6.73. The Morgan fingerprint density at radius 1 is 1.52 bits per heavy atom. The summed E-state index contributed by atoms with van der Waals surface area (Å²) in [7, 11) is 0. The van der Waals surface area contributed by atoms with Crippen molar-refractivity contribution in [2.45, 2.75) is 51.5 Å². The summed E-state index contributed by atoms with van der Waals surface area (Å²) >= 11 is 0. The number of nitrogens with zero attached hydrogens (tertiary/aromatic N) is 3. The van der Waals surface area contributed by atoms with Crippen molar-refractivity contribution in [3.63, 3.8) is 0 Å². The number of amides is 1. The molecule has 1 N–H and O–H groups in total. The molecule has 0 unspecified atom stereocenters. The van der Waals surface area contributed by atoms with Crippen LogP contribution in [0.2, 0.25) is 0 Å². The third-order valence-corrected chi connectivity index (χ3v) is 4.43. The Kier molecular flexibility index (Phi) is 4.48. The SMILES string of the molecule is CCCC(=O)N1CCc2nc([C@H]3CCCNC3)ncc2C1. The van der Waals surface area contributed by atoms with Gasteiger partial charge in [-0.3, -0.25) is 4.79 Å². The second-order valence-corrected chi connectivity index (χ2v) is 6.06. The van der Waals surface area contributed by atoms with Crippen LogP contribution in [-0.2, 0) is 17.8 Å². The highest BCUT2D eigenvalue weighted by Gasteiger charge is 2.24. The summed E-state index contributed by atoms with van der Waals surface area (Å²) in [5, 5.41) is 3.42. The summed E-state index contributed by atoms with van der Waals surface area (Å²) < 4.78 is 0. The van der Waals surface area contributed by atoms with Crippen molar-refractivity contribution >= 4 is 5.91 Å². The van der Waals surface area contributed by atoms with Crippen molar-refractivity contribution in [1.82, 2.24) is 20.2 Å². The first-order chi connectivity index (χ1) is 10.3. The van der Waals surface area contributed by atoms with Crippen molar-refractivity contribution in [2.75, 3.05) is 19.6 Å². The Balaban J connectivity index is 1.71. The van der Waals surface area contributed by atoms with Gasteiger partial charge in [0.05, 0.1) is 5.69 Å². The molecule has 5 nitrogen and oxygen atoms in total. The lowest BCUT2D eigenvalue weighted by molar-refractivity contribution is -0.132. The minimum absolute atomic E-state index is 0.253. The molecule has 2 aliphatic heterocycles. The molecule has 1 aromatic rings. The van der Waals surface area contributed by atoms with Crippen LogP contribution in [0.3, 0.4) is 0 Å². The Bertz CT molecular complexity index is 511. The fourth-order valence-electron chi connectivity index (χ4n) is 3.19. The van der Waals surface area contributed by atoms with Gasteiger partial charge in [0.15, 0.2) is 0 Å². The molecule has 0 bridgehead atoms. The van der Waals surface area contributed by atoms with E-state index in [1.807, 2.05) is 18.0 Å². The van der Waals surface area contributed by atoms with Gasteiger partial charge in [-0.2, -0.15) is 0 Å². The zero-order valence-electron chi connectivity index (χ0n) is 12.8. The third kappa shape index (κ3) is 3.23. The molecule has 114 valence electrons. The van der Waals surface area contributed by atoms with Crippen LogP contribution in [0.15, 0.2) is 6.20 Å². The van der Waals surface area contributed by atoms with E-state index in [9.17, 15) is 4.79 Å². The fourth-order valence-corrected chi connectivity index (χ4v) is 3.19. The maximum Gasteiger partial charge on any atom is 0.222 e. The van der Waals surface area contributed by atoms with E-state index in [1.165, 1.54) is 12.8 Å². The van der Waals surface area contributed by atoms with Crippen LogP contribution >= 0.6 is 0 Å². The maximum atomic E-state index is 12.0. The number of nitrogens with one attached hydrogen (secondary N) is 1. The summed E-state index contributed by atoms with van der Waals surface area (Å²) in [5.41, 5.74) is 2.27. The van der Waals surface area contributed by atoms with E-state index >= 15 is 0 Å². The molecule has 2 aliphatic rings. The van der Waals surface area contributed by atoms with Crippen LogP contribution in [-0.4, -0.2) is 40.4 Å². The van der Waals surface area contributed by atoms with Crippen LogP contribution in [0, 0.1) is 0 Å². The lowest BCUT2D eigenvalue weighted by Crippen LogP contribution is -2.36. The van der Waals surface area contributed by atoms with Gasteiger partial charge in [0.2, 0.25) is 5.91 Å². The highest BCUT2D eigenvalue weighted by molar-refractivity contribution is 5.76. The molecule has 1 atom stereocenters. The van der Waals surface area contributed by atoms with Crippen LogP contribution < -0.4 is 5.32 Å². The minimum atomic E-state index is 0.253. The molecule has 1 saturated heterocycles. The average molecular weight is 288 g/mol. The molecule has 1 aromatic heterocycles. The monoisotopic (exact) mass is 288 g/mol. The highest BCUT2D eigenvalue weighted by Crippen LogP contribution is 2.23. The normalized spacial score (nSPS) is 22.0. The van der Waals surface area contributed by atoms with Gasteiger partial charge in [-0.25, -0.2) is 9.97 Å². The van der Waals surface area contributed by atoms with Crippen molar-refractivity contribution in [1.29, 1.82) is 0 Å². The summed E-state index contributed by atoms with van der Waals surface area (Å²) in [6.45, 7) is 5.61. The van der Waals surface area contributed by atoms with E-state index < -0.39 is 0 Å². The van der Waals surface area contributed by atoms with Gasteiger partial charge in [-0.1, -0.05) is 6.92 Å². The largest absolute Gasteiger partial charge is 0.338 e. The fraction of sp³-hybridized carbons (Fsp3) is 0.688. The Morgan fingerprint density at radius 3 is 3.19 bits per heavy atom. The van der Waals surface area contributed by atoms with Crippen LogP contribution in [0.4, 0.5) is 0 Å². The Hall–Kier alpha value is -1.49. The zero-order valence-corrected chi connectivity index (χ0v) is 12.8. The van der Waals surface area contributed by atoms with Crippen molar-refractivity contribution in [2.24, 2.45) is 0 Å². The number of aromatic nitrogens is 2. The second kappa shape index (κ2) is 6.52. The molecule has 1 fully saturated rings. The quantitative estimate of drug-likeness (QED) is 0.918. The highest BCUT2D eigenvalue weighted by atomic mass is 16.2. The number of rotatable bonds is 3. The Labute approximate surface area is 126 Å². The number of carbonyl (C=O) groups excluding carboxylic acids is 1. The van der Waals surface area contributed by atoms with E-state index in [0.717, 1.165) is 49.6 Å². The number of carbonyl (C=O) groups is 1. The van der Waals surface area contributed by atoms with Crippen molar-refractivity contribution in [3.05, 3.63) is 23.3 Å². The molecular formula is C16H24N4O. The molecule has 0 spiro atoms. The standard InChI is InChI=1S/C16H24N4O/c1-2-4-15(21)20-8-6-14-13(11-20)10-18-16(19-14)12-5-3-7-17-9-12/h10,12,17H,2-9,11H2,1H3/t12-/m0/s1. The summed E-state index contributed by atoms with van der Waals surface area (Å²) in [6, 6.07) is 0. The Morgan fingerprint density at radius 2 is 2.43 bits per heavy atom. The number of fused-ring (bicyclic) bond motifs is 1. The molecule has 3 rings (SSSR count). The van der Waals surface area contributed by atoms with Crippen molar-refractivity contribution in [3.8, 4) is 0 Å². The summed E-state index contributed by atoms with van der Waals surface area (Å²) in [4.78, 5) is 23.3. The average Bonchev–Trinajstić information content (AvgIpc) is 2.55. The van der Waals surface area contributed by atoms with Crippen molar-refractivity contribution < 1.29 is 4.79 Å². The van der Waals surface area contributed by atoms with E-state index in [2.05, 4.69) is 10.3 Å². The first kappa shape index (κ1) is 14.4. The van der Waals surface area contributed by atoms with Crippen LogP contribution in [0.5, 0.6) is 0 Å². The molecule has 21 heavy (non-hydrogen) atoms. The van der Waals surface area contributed by atoms with E-state index in [0.29, 0.717) is 18.9 Å². The molecular weight excluding hydrogens is 264 g/mol. The molecule has 3 heterocycles. The van der Waals surface area contributed by atoms with Gasteiger partial charge in [0, 0.05) is 50.2 Å². The second-order valence-electron chi connectivity index (χ2n) is 6.06. The molecule has 0 aromatic carbocycles. The zero-order chi connectivity index (χ0) is 14.7.